The summed E-state index contributed by atoms with van der Waals surface area (Å²) in [6.07, 6.45) is 3.37. The second-order valence-corrected chi connectivity index (χ2v) is 8.26. The van der Waals surface area contributed by atoms with Crippen molar-refractivity contribution < 1.29 is 13.9 Å². The number of nitrogens with zero attached hydrogens (tertiary/aromatic N) is 2. The van der Waals surface area contributed by atoms with Crippen LogP contribution in [-0.2, 0) is 16.7 Å². The summed E-state index contributed by atoms with van der Waals surface area (Å²) in [5.74, 6) is -0.503. The zero-order chi connectivity index (χ0) is 20.1. The van der Waals surface area contributed by atoms with E-state index < -0.39 is 5.54 Å². The minimum absolute atomic E-state index is 0.0712. The van der Waals surface area contributed by atoms with Gasteiger partial charge in [-0.25, -0.2) is 9.38 Å². The molecule has 5 nitrogen and oxygen atoms in total. The third-order valence-electron chi connectivity index (χ3n) is 5.95. The Morgan fingerprint density at radius 3 is 2.79 bits per heavy atom. The predicted molar refractivity (Wildman–Crippen MR) is 105 cm³/mol. The molecule has 1 atom stereocenters. The van der Waals surface area contributed by atoms with Crippen molar-refractivity contribution in [2.45, 2.75) is 38.6 Å². The maximum absolute atomic E-state index is 14.8. The van der Waals surface area contributed by atoms with Crippen LogP contribution >= 0.6 is 11.6 Å². The minimum Gasteiger partial charge on any atom is -0.465 e. The van der Waals surface area contributed by atoms with Crippen LogP contribution in [0.4, 0.5) is 4.39 Å². The lowest BCUT2D eigenvalue weighted by Gasteiger charge is -2.38. The third-order valence-corrected chi connectivity index (χ3v) is 6.15. The van der Waals surface area contributed by atoms with E-state index >= 15 is 0 Å². The molecule has 2 N–H and O–H groups in total. The van der Waals surface area contributed by atoms with Crippen LogP contribution in [0.1, 0.15) is 46.9 Å². The van der Waals surface area contributed by atoms with E-state index in [4.69, 9.17) is 22.1 Å². The number of amidine groups is 1. The number of rotatable bonds is 4. The van der Waals surface area contributed by atoms with Crippen LogP contribution in [-0.4, -0.2) is 23.4 Å². The highest BCUT2D eigenvalue weighted by molar-refractivity contribution is 6.30. The number of hydrogen-bond donors (Lipinski definition) is 1. The first-order valence-electron chi connectivity index (χ1n) is 9.16. The van der Waals surface area contributed by atoms with Gasteiger partial charge in [0.2, 0.25) is 0 Å². The summed E-state index contributed by atoms with van der Waals surface area (Å²) in [7, 11) is 0. The molecular weight excluding hydrogens is 381 g/mol. The van der Waals surface area contributed by atoms with E-state index in [0.717, 1.165) is 12.8 Å². The molecule has 1 fully saturated rings. The number of Topliss-reactive ketones (excluding diaryl/α,β-unsaturated/α-hetero) is 1. The van der Waals surface area contributed by atoms with E-state index in [9.17, 15) is 9.18 Å². The van der Waals surface area contributed by atoms with Crippen molar-refractivity contribution >= 4 is 23.4 Å². The first-order valence-corrected chi connectivity index (χ1v) is 9.54. The number of ketones is 1. The molecule has 0 bridgehead atoms. The average molecular weight is 402 g/mol. The van der Waals surface area contributed by atoms with Gasteiger partial charge in [0.05, 0.1) is 17.2 Å². The van der Waals surface area contributed by atoms with Gasteiger partial charge >= 0.3 is 0 Å². The summed E-state index contributed by atoms with van der Waals surface area (Å²) >= 11 is 5.92. The van der Waals surface area contributed by atoms with Gasteiger partial charge in [0.25, 0.3) is 6.02 Å². The Balaban J connectivity index is 1.68. The molecule has 146 valence electrons. The van der Waals surface area contributed by atoms with E-state index in [1.54, 1.807) is 25.1 Å². The Labute approximate surface area is 167 Å². The fraction of sp³-hybridized carbons (Fsp3) is 0.381. The smallest absolute Gasteiger partial charge is 0.282 e. The maximum atomic E-state index is 14.8. The maximum Gasteiger partial charge on any atom is 0.282 e. The third kappa shape index (κ3) is 3.05. The fourth-order valence-electron chi connectivity index (χ4n) is 4.01. The molecular formula is C21H21ClFN3O2. The summed E-state index contributed by atoms with van der Waals surface area (Å²) in [6.45, 7) is 4.11. The molecule has 1 aromatic carbocycles. The van der Waals surface area contributed by atoms with Crippen molar-refractivity contribution in [3.63, 3.8) is 0 Å². The van der Waals surface area contributed by atoms with Crippen molar-refractivity contribution in [2.75, 3.05) is 6.61 Å². The summed E-state index contributed by atoms with van der Waals surface area (Å²) in [6, 6.07) is 6.51. The lowest BCUT2D eigenvalue weighted by atomic mass is 9.76. The summed E-state index contributed by atoms with van der Waals surface area (Å²) in [4.78, 5) is 21.4. The van der Waals surface area contributed by atoms with Crippen LogP contribution in [0.15, 0.2) is 35.5 Å². The average Bonchev–Trinajstić information content (AvgIpc) is 3.41. The van der Waals surface area contributed by atoms with Gasteiger partial charge in [-0.1, -0.05) is 17.7 Å². The molecule has 0 unspecified atom stereocenters. The number of aryl methyl sites for hydroxylation is 1. The molecule has 1 saturated carbocycles. The van der Waals surface area contributed by atoms with E-state index in [0.29, 0.717) is 34.0 Å². The zero-order valence-corrected chi connectivity index (χ0v) is 16.5. The number of halogens is 2. The van der Waals surface area contributed by atoms with Gasteiger partial charge in [0.15, 0.2) is 5.78 Å². The molecule has 1 aliphatic carbocycles. The number of carbonyl (C=O) groups excluding carboxylic acids is 1. The summed E-state index contributed by atoms with van der Waals surface area (Å²) < 4.78 is 20.2. The van der Waals surface area contributed by atoms with Crippen molar-refractivity contribution in [1.82, 2.24) is 4.98 Å². The van der Waals surface area contributed by atoms with Crippen molar-refractivity contribution in [3.8, 4) is 0 Å². The monoisotopic (exact) mass is 401 g/mol. The van der Waals surface area contributed by atoms with Crippen LogP contribution in [0.5, 0.6) is 0 Å². The van der Waals surface area contributed by atoms with Gasteiger partial charge in [-0.2, -0.15) is 0 Å². The quantitative estimate of drug-likeness (QED) is 0.787. The Morgan fingerprint density at radius 2 is 2.11 bits per heavy atom. The van der Waals surface area contributed by atoms with Crippen molar-refractivity contribution in [3.05, 3.63) is 63.7 Å². The van der Waals surface area contributed by atoms with E-state index in [1.807, 2.05) is 6.92 Å². The molecule has 2 aromatic rings. The van der Waals surface area contributed by atoms with Crippen LogP contribution in [0.2, 0.25) is 5.02 Å². The lowest BCUT2D eigenvalue weighted by Crippen LogP contribution is -2.43. The van der Waals surface area contributed by atoms with Crippen LogP contribution < -0.4 is 5.73 Å². The molecule has 28 heavy (non-hydrogen) atoms. The van der Waals surface area contributed by atoms with Crippen molar-refractivity contribution in [1.29, 1.82) is 0 Å². The first kappa shape index (κ1) is 18.9. The molecule has 4 rings (SSSR count). The van der Waals surface area contributed by atoms with Gasteiger partial charge < -0.3 is 10.5 Å². The van der Waals surface area contributed by atoms with Crippen LogP contribution in [0, 0.1) is 18.2 Å². The van der Waals surface area contributed by atoms with Crippen LogP contribution in [0.3, 0.4) is 0 Å². The van der Waals surface area contributed by atoms with Gasteiger partial charge in [0, 0.05) is 23.6 Å². The van der Waals surface area contributed by atoms with E-state index in [1.165, 1.54) is 12.3 Å². The number of ether oxygens (including phenoxy) is 1. The van der Waals surface area contributed by atoms with Crippen molar-refractivity contribution in [2.24, 2.45) is 16.1 Å². The molecule has 0 saturated heterocycles. The van der Waals surface area contributed by atoms with Gasteiger partial charge in [-0.15, -0.1) is 0 Å². The van der Waals surface area contributed by atoms with E-state index in [2.05, 4.69) is 9.98 Å². The SMILES string of the molecule is Cc1cc(Cl)cnc1C(=O)Cc1ccc(F)c([C@@]2(C)N=C(N)OCC23CC3)c1. The highest BCUT2D eigenvalue weighted by Crippen LogP contribution is 2.62. The Kier molecular flexibility index (Phi) is 4.42. The molecule has 2 heterocycles. The Hall–Kier alpha value is -2.47. The molecule has 0 radical (unpaired) electrons. The molecule has 2 aliphatic rings. The number of nitrogens with two attached hydrogens (primary N) is 1. The largest absolute Gasteiger partial charge is 0.465 e. The van der Waals surface area contributed by atoms with Gasteiger partial charge in [-0.3, -0.25) is 9.78 Å². The Morgan fingerprint density at radius 1 is 1.36 bits per heavy atom. The number of hydrogen-bond acceptors (Lipinski definition) is 5. The highest BCUT2D eigenvalue weighted by atomic mass is 35.5. The number of aliphatic imine (C=N–C) groups is 1. The molecule has 1 aromatic heterocycles. The number of pyridine rings is 1. The van der Waals surface area contributed by atoms with E-state index in [-0.39, 0.29) is 29.5 Å². The fourth-order valence-corrected chi connectivity index (χ4v) is 4.22. The summed E-state index contributed by atoms with van der Waals surface area (Å²) in [5, 5.41) is 0.482. The minimum atomic E-state index is -0.813. The highest BCUT2D eigenvalue weighted by Gasteiger charge is 2.61. The van der Waals surface area contributed by atoms with Crippen LogP contribution in [0.25, 0.3) is 0 Å². The summed E-state index contributed by atoms with van der Waals surface area (Å²) in [5.41, 5.74) is 6.98. The zero-order valence-electron chi connectivity index (χ0n) is 15.8. The normalized spacial score (nSPS) is 22.5. The standard InChI is InChI=1S/C21H21ClFN3O2/c1-12-7-14(22)10-25-18(12)17(27)9-13-3-4-16(23)15(8-13)20(2)21(5-6-21)11-28-19(24)26-20/h3-4,7-8,10H,5-6,9,11H2,1-2H3,(H2,24,26)/t20-/m1/s1. The lowest BCUT2D eigenvalue weighted by molar-refractivity contribution is 0.0986. The van der Waals surface area contributed by atoms with Gasteiger partial charge in [0.1, 0.15) is 11.5 Å². The molecule has 7 heteroatoms. The number of benzene rings is 1. The predicted octanol–water partition coefficient (Wildman–Crippen LogP) is 3.95. The molecule has 1 spiro atoms. The van der Waals surface area contributed by atoms with Gasteiger partial charge in [-0.05, 0) is 56.0 Å². The molecule has 1 aliphatic heterocycles. The Bertz CT molecular complexity index is 1000. The first-order chi connectivity index (χ1) is 13.2. The number of carbonyl (C=O) groups is 1. The second-order valence-electron chi connectivity index (χ2n) is 7.82. The number of aromatic nitrogens is 1. The topological polar surface area (TPSA) is 77.6 Å². The molecule has 0 amide bonds. The second kappa shape index (κ2) is 6.55.